The van der Waals surface area contributed by atoms with E-state index >= 15 is 0 Å². The van der Waals surface area contributed by atoms with Crippen LogP contribution in [-0.2, 0) is 14.4 Å². The van der Waals surface area contributed by atoms with E-state index in [1.165, 1.54) is 6.08 Å². The number of hydrogen-bond acceptors (Lipinski definition) is 5. The lowest BCUT2D eigenvalue weighted by atomic mass is 10.2. The van der Waals surface area contributed by atoms with Gasteiger partial charge in [-0.15, -0.1) is 0 Å². The van der Waals surface area contributed by atoms with Gasteiger partial charge in [-0.2, -0.15) is 0 Å². The van der Waals surface area contributed by atoms with Gasteiger partial charge in [0.2, 0.25) is 5.91 Å². The molecule has 0 bridgehead atoms. The third-order valence-electron chi connectivity index (χ3n) is 3.94. The van der Waals surface area contributed by atoms with Crippen molar-refractivity contribution in [1.82, 2.24) is 4.90 Å². The zero-order valence-electron chi connectivity index (χ0n) is 12.8. The molecule has 24 heavy (non-hydrogen) atoms. The molecule has 1 saturated heterocycles. The molecule has 1 aromatic rings. The van der Waals surface area contributed by atoms with Gasteiger partial charge in [0.1, 0.15) is 5.70 Å². The van der Waals surface area contributed by atoms with Crippen LogP contribution in [0.4, 0.5) is 11.4 Å². The molecule has 0 spiro atoms. The lowest BCUT2D eigenvalue weighted by molar-refractivity contribution is -0.137. The lowest BCUT2D eigenvalue weighted by Gasteiger charge is -2.18. The maximum Gasteiger partial charge on any atom is 0.277 e. The van der Waals surface area contributed by atoms with Gasteiger partial charge >= 0.3 is 0 Å². The number of carbonyl (C=O) groups is 3. The lowest BCUT2D eigenvalue weighted by Crippen LogP contribution is -2.34. The maximum absolute atomic E-state index is 12.2. The molecule has 2 aliphatic rings. The van der Waals surface area contributed by atoms with Gasteiger partial charge in [0.15, 0.2) is 0 Å². The maximum atomic E-state index is 12.2. The molecular weight excluding hydrogens is 334 g/mol. The van der Waals surface area contributed by atoms with E-state index in [1.807, 2.05) is 0 Å². The second-order valence-corrected chi connectivity index (χ2v) is 5.92. The van der Waals surface area contributed by atoms with Crippen molar-refractivity contribution in [3.8, 4) is 0 Å². The highest BCUT2D eigenvalue weighted by Crippen LogP contribution is 2.31. The van der Waals surface area contributed by atoms with E-state index in [4.69, 9.17) is 16.7 Å². The summed E-state index contributed by atoms with van der Waals surface area (Å²) >= 11 is 6.16. The molecule has 2 N–H and O–H groups in total. The fraction of sp³-hybridized carbons (Fsp3) is 0.312. The van der Waals surface area contributed by atoms with Crippen molar-refractivity contribution in [1.29, 1.82) is 0 Å². The van der Waals surface area contributed by atoms with Crippen molar-refractivity contribution in [2.75, 3.05) is 29.9 Å². The van der Waals surface area contributed by atoms with Crippen molar-refractivity contribution in [2.45, 2.75) is 12.8 Å². The average molecular weight is 350 g/mol. The topological polar surface area (TPSA) is 90.0 Å². The first kappa shape index (κ1) is 16.5. The van der Waals surface area contributed by atoms with Crippen LogP contribution in [0.5, 0.6) is 0 Å². The zero-order chi connectivity index (χ0) is 17.3. The molecule has 3 amide bonds. The van der Waals surface area contributed by atoms with Crippen LogP contribution in [0.2, 0.25) is 5.02 Å². The number of imide groups is 1. The highest BCUT2D eigenvalue weighted by atomic mass is 35.5. The van der Waals surface area contributed by atoms with E-state index in [0.717, 1.165) is 11.3 Å². The standard InChI is InChI=1S/C16H16ClN3O4/c17-11-4-3-10(19-5-1-2-14(19)22)8-12(11)18-13-9-15(23)20(6-7-21)16(13)24/h3-4,8-9,18,21H,1-2,5-7H2. The second kappa shape index (κ2) is 6.62. The Bertz CT molecular complexity index is 747. The molecule has 0 saturated carbocycles. The first-order valence-electron chi connectivity index (χ1n) is 7.56. The van der Waals surface area contributed by atoms with Crippen LogP contribution in [0.15, 0.2) is 30.0 Å². The Hall–Kier alpha value is -2.38. The number of benzene rings is 1. The highest BCUT2D eigenvalue weighted by molar-refractivity contribution is 6.33. The molecule has 0 aliphatic carbocycles. The van der Waals surface area contributed by atoms with E-state index < -0.39 is 11.8 Å². The number of halogens is 1. The molecule has 7 nitrogen and oxygen atoms in total. The second-order valence-electron chi connectivity index (χ2n) is 5.51. The van der Waals surface area contributed by atoms with Gasteiger partial charge in [0, 0.05) is 24.7 Å². The van der Waals surface area contributed by atoms with Crippen LogP contribution in [0.25, 0.3) is 0 Å². The molecule has 0 radical (unpaired) electrons. The smallest absolute Gasteiger partial charge is 0.277 e. The van der Waals surface area contributed by atoms with Crippen molar-refractivity contribution in [3.05, 3.63) is 35.0 Å². The summed E-state index contributed by atoms with van der Waals surface area (Å²) in [6, 6.07) is 5.06. The number of β-amino-alcohol motifs (C(OH)–C–C–N with tert-alkyl or cyclic N) is 1. The number of aliphatic hydroxyl groups is 1. The van der Waals surface area contributed by atoms with Crippen molar-refractivity contribution < 1.29 is 19.5 Å². The summed E-state index contributed by atoms with van der Waals surface area (Å²) in [7, 11) is 0. The molecule has 8 heteroatoms. The van der Waals surface area contributed by atoms with Crippen LogP contribution in [0.1, 0.15) is 12.8 Å². The average Bonchev–Trinajstić information content (AvgIpc) is 3.09. The fourth-order valence-electron chi connectivity index (χ4n) is 2.75. The van der Waals surface area contributed by atoms with E-state index in [1.54, 1.807) is 23.1 Å². The SMILES string of the molecule is O=C1C=C(Nc2cc(N3CCCC3=O)ccc2Cl)C(=O)N1CCO. The van der Waals surface area contributed by atoms with Gasteiger partial charge in [0.25, 0.3) is 11.8 Å². The minimum atomic E-state index is -0.521. The van der Waals surface area contributed by atoms with Gasteiger partial charge in [0.05, 0.1) is 23.9 Å². The number of anilines is 2. The quantitative estimate of drug-likeness (QED) is 0.778. The monoisotopic (exact) mass is 349 g/mol. The minimum absolute atomic E-state index is 0.0451. The molecule has 1 aromatic carbocycles. The Morgan fingerprint density at radius 1 is 1.25 bits per heavy atom. The van der Waals surface area contributed by atoms with Gasteiger partial charge in [-0.05, 0) is 24.6 Å². The Kier molecular flexibility index (Phi) is 4.55. The summed E-state index contributed by atoms with van der Waals surface area (Å²) in [5.41, 5.74) is 1.21. The predicted molar refractivity (Wildman–Crippen MR) is 88.6 cm³/mol. The number of carbonyl (C=O) groups excluding carboxylic acids is 3. The van der Waals surface area contributed by atoms with Crippen LogP contribution in [0.3, 0.4) is 0 Å². The number of rotatable bonds is 5. The van der Waals surface area contributed by atoms with E-state index in [9.17, 15) is 14.4 Å². The number of nitrogens with one attached hydrogen (secondary N) is 1. The Labute approximate surface area is 143 Å². The number of hydrogen-bond donors (Lipinski definition) is 2. The van der Waals surface area contributed by atoms with Crippen LogP contribution >= 0.6 is 11.6 Å². The molecule has 2 heterocycles. The van der Waals surface area contributed by atoms with E-state index in [0.29, 0.717) is 29.4 Å². The Morgan fingerprint density at radius 2 is 2.04 bits per heavy atom. The molecule has 0 atom stereocenters. The number of aliphatic hydroxyl groups excluding tert-OH is 1. The zero-order valence-corrected chi connectivity index (χ0v) is 13.5. The summed E-state index contributed by atoms with van der Waals surface area (Å²) in [5, 5.41) is 12.1. The summed E-state index contributed by atoms with van der Waals surface area (Å²) in [6.07, 6.45) is 2.49. The largest absolute Gasteiger partial charge is 0.395 e. The molecular formula is C16H16ClN3O4. The van der Waals surface area contributed by atoms with Crippen molar-refractivity contribution >= 4 is 40.7 Å². The predicted octanol–water partition coefficient (Wildman–Crippen LogP) is 1.12. The Balaban J connectivity index is 1.83. The molecule has 0 aromatic heterocycles. The number of nitrogens with zero attached hydrogens (tertiary/aromatic N) is 2. The van der Waals surface area contributed by atoms with Crippen molar-refractivity contribution in [2.24, 2.45) is 0 Å². The van der Waals surface area contributed by atoms with Crippen molar-refractivity contribution in [3.63, 3.8) is 0 Å². The first-order valence-corrected chi connectivity index (χ1v) is 7.94. The van der Waals surface area contributed by atoms with Crippen LogP contribution in [-0.4, -0.2) is 47.4 Å². The number of amides is 3. The van der Waals surface area contributed by atoms with Crippen LogP contribution in [0, 0.1) is 0 Å². The molecule has 3 rings (SSSR count). The summed E-state index contributed by atoms with van der Waals surface area (Å²) in [4.78, 5) is 38.4. The molecule has 1 fully saturated rings. The molecule has 126 valence electrons. The molecule has 2 aliphatic heterocycles. The summed E-state index contributed by atoms with van der Waals surface area (Å²) in [6.45, 7) is 0.283. The van der Waals surface area contributed by atoms with Gasteiger partial charge in [-0.1, -0.05) is 11.6 Å². The third-order valence-corrected chi connectivity index (χ3v) is 4.27. The minimum Gasteiger partial charge on any atom is -0.395 e. The van der Waals surface area contributed by atoms with E-state index in [2.05, 4.69) is 5.32 Å². The van der Waals surface area contributed by atoms with Gasteiger partial charge in [-0.25, -0.2) is 0 Å². The third kappa shape index (κ3) is 3.00. The van der Waals surface area contributed by atoms with Crippen LogP contribution < -0.4 is 10.2 Å². The summed E-state index contributed by atoms with van der Waals surface area (Å²) < 4.78 is 0. The highest BCUT2D eigenvalue weighted by Gasteiger charge is 2.31. The Morgan fingerprint density at radius 3 is 2.71 bits per heavy atom. The fourth-order valence-corrected chi connectivity index (χ4v) is 2.92. The first-order chi connectivity index (χ1) is 11.5. The molecule has 0 unspecified atom stereocenters. The van der Waals surface area contributed by atoms with E-state index in [-0.39, 0.29) is 24.8 Å². The van der Waals surface area contributed by atoms with Gasteiger partial charge < -0.3 is 15.3 Å². The summed E-state index contributed by atoms with van der Waals surface area (Å²) in [5.74, 6) is -0.963. The van der Waals surface area contributed by atoms with Gasteiger partial charge in [-0.3, -0.25) is 19.3 Å². The normalized spacial score (nSPS) is 17.8.